The largest absolute Gasteiger partial charge is 0.494 e. The van der Waals surface area contributed by atoms with Crippen LogP contribution in [0.1, 0.15) is 42.1 Å². The number of carboxylic acid groups (broad SMARTS) is 1. The number of hydrogen-bond acceptors (Lipinski definition) is 6. The lowest BCUT2D eigenvalue weighted by Gasteiger charge is -2.16. The number of ether oxygens (including phenoxy) is 2. The number of carboxylic acids is 1. The fourth-order valence-corrected chi connectivity index (χ4v) is 4.55. The van der Waals surface area contributed by atoms with Crippen LogP contribution in [-0.4, -0.2) is 42.7 Å². The molecule has 0 atom stereocenters. The number of nitrogens with zero attached hydrogens (tertiary/aromatic N) is 1. The number of aromatic nitrogens is 1. The number of aliphatic carboxylic acids is 1. The highest BCUT2D eigenvalue weighted by atomic mass is 19.1. The van der Waals surface area contributed by atoms with Crippen molar-refractivity contribution in [3.63, 3.8) is 0 Å². The number of anilines is 1. The van der Waals surface area contributed by atoms with E-state index in [4.69, 9.17) is 14.6 Å². The number of halogens is 1. The van der Waals surface area contributed by atoms with E-state index in [1.54, 1.807) is 12.3 Å². The van der Waals surface area contributed by atoms with Gasteiger partial charge in [-0.2, -0.15) is 0 Å². The first-order chi connectivity index (χ1) is 18.8. The van der Waals surface area contributed by atoms with E-state index in [-0.39, 0.29) is 31.1 Å². The Morgan fingerprint density at radius 2 is 1.79 bits per heavy atom. The maximum absolute atomic E-state index is 14.3. The molecular formula is C30H30FN3O5. The molecule has 0 unspecified atom stereocenters. The molecule has 0 spiro atoms. The molecule has 0 bridgehead atoms. The van der Waals surface area contributed by atoms with E-state index in [1.807, 2.05) is 43.3 Å². The average Bonchev–Trinajstić information content (AvgIpc) is 3.17. The molecule has 0 saturated carbocycles. The Morgan fingerprint density at radius 3 is 2.44 bits per heavy atom. The molecular weight excluding hydrogens is 501 g/mol. The molecule has 8 nitrogen and oxygen atoms in total. The number of pyridine rings is 1. The first-order valence-electron chi connectivity index (χ1n) is 12.4. The number of carbonyl (C=O) groups excluding carboxylic acids is 1. The third-order valence-electron chi connectivity index (χ3n) is 6.46. The summed E-state index contributed by atoms with van der Waals surface area (Å²) in [5.74, 6) is -0.512. The molecule has 2 aromatic carbocycles. The summed E-state index contributed by atoms with van der Waals surface area (Å²) >= 11 is 0. The maximum Gasteiger partial charge on any atom is 0.305 e. The Labute approximate surface area is 226 Å². The van der Waals surface area contributed by atoms with E-state index in [2.05, 4.69) is 15.6 Å². The Hall–Kier alpha value is -4.66. The Bertz CT molecular complexity index is 1430. The van der Waals surface area contributed by atoms with Gasteiger partial charge in [0.15, 0.2) is 0 Å². The van der Waals surface area contributed by atoms with Gasteiger partial charge in [0.2, 0.25) is 5.91 Å². The van der Waals surface area contributed by atoms with Crippen LogP contribution in [0, 0.1) is 5.82 Å². The number of methoxy groups -OCH3 is 2. The van der Waals surface area contributed by atoms with Gasteiger partial charge in [-0.05, 0) is 82.8 Å². The zero-order chi connectivity index (χ0) is 27.9. The third kappa shape index (κ3) is 6.43. The predicted molar refractivity (Wildman–Crippen MR) is 148 cm³/mol. The van der Waals surface area contributed by atoms with Crippen molar-refractivity contribution < 1.29 is 28.6 Å². The normalized spacial score (nSPS) is 13.3. The molecule has 3 N–H and O–H groups in total. The van der Waals surface area contributed by atoms with Crippen LogP contribution in [-0.2, 0) is 16.1 Å². The highest BCUT2D eigenvalue weighted by Gasteiger charge is 2.26. The van der Waals surface area contributed by atoms with Crippen molar-refractivity contribution in [2.75, 3.05) is 26.1 Å². The summed E-state index contributed by atoms with van der Waals surface area (Å²) in [6, 6.07) is 13.7. The van der Waals surface area contributed by atoms with Crippen LogP contribution in [0.2, 0.25) is 0 Å². The second-order valence-electron chi connectivity index (χ2n) is 9.00. The molecule has 1 amide bonds. The van der Waals surface area contributed by atoms with E-state index >= 15 is 0 Å². The van der Waals surface area contributed by atoms with Gasteiger partial charge < -0.3 is 25.2 Å². The second kappa shape index (κ2) is 12.3. The molecule has 0 fully saturated rings. The van der Waals surface area contributed by atoms with Crippen molar-refractivity contribution in [1.82, 2.24) is 10.3 Å². The fourth-order valence-electron chi connectivity index (χ4n) is 4.55. The Morgan fingerprint density at radius 1 is 1.05 bits per heavy atom. The molecule has 9 heteroatoms. The average molecular weight is 532 g/mol. The van der Waals surface area contributed by atoms with Gasteiger partial charge in [0.25, 0.3) is 0 Å². The summed E-state index contributed by atoms with van der Waals surface area (Å²) in [5.41, 5.74) is 6.03. The molecule has 202 valence electrons. The van der Waals surface area contributed by atoms with E-state index < -0.39 is 5.97 Å². The van der Waals surface area contributed by atoms with Gasteiger partial charge in [-0.25, -0.2) is 4.39 Å². The van der Waals surface area contributed by atoms with Crippen LogP contribution in [0.15, 0.2) is 60.3 Å². The topological polar surface area (TPSA) is 110 Å². The molecule has 4 rings (SSSR count). The second-order valence-corrected chi connectivity index (χ2v) is 9.00. The van der Waals surface area contributed by atoms with Crippen molar-refractivity contribution in [3.05, 3.63) is 88.5 Å². The van der Waals surface area contributed by atoms with Gasteiger partial charge in [0.1, 0.15) is 23.0 Å². The minimum atomic E-state index is -0.915. The predicted octanol–water partition coefficient (Wildman–Crippen LogP) is 5.16. The molecule has 1 aliphatic rings. The highest BCUT2D eigenvalue weighted by molar-refractivity contribution is 6.08. The van der Waals surface area contributed by atoms with Crippen LogP contribution < -0.4 is 20.1 Å². The first-order valence-corrected chi connectivity index (χ1v) is 12.4. The number of benzene rings is 2. The highest BCUT2D eigenvalue weighted by Crippen LogP contribution is 2.45. The quantitative estimate of drug-likeness (QED) is 0.314. The molecule has 1 heterocycles. The number of rotatable bonds is 11. The SMILES string of the molecule is COc1cc(/C=C2/C(C)=C(CC(=O)NCc3ccccn3)c3cc(F)ccc32)cc(OC)c1NCCC(=O)O. The number of hydrogen-bond donors (Lipinski definition) is 3. The molecule has 3 aromatic rings. The lowest BCUT2D eigenvalue weighted by molar-refractivity contribution is -0.136. The van der Waals surface area contributed by atoms with E-state index in [0.717, 1.165) is 33.5 Å². The summed E-state index contributed by atoms with van der Waals surface area (Å²) in [7, 11) is 3.04. The maximum atomic E-state index is 14.3. The summed E-state index contributed by atoms with van der Waals surface area (Å²) in [5, 5.41) is 14.9. The number of amides is 1. The van der Waals surface area contributed by atoms with E-state index in [1.165, 1.54) is 26.4 Å². The number of fused-ring (bicyclic) bond motifs is 1. The molecule has 1 aromatic heterocycles. The van der Waals surface area contributed by atoms with Crippen LogP contribution >= 0.6 is 0 Å². The Balaban J connectivity index is 1.66. The minimum absolute atomic E-state index is 0.0618. The van der Waals surface area contributed by atoms with E-state index in [9.17, 15) is 14.0 Å². The summed E-state index contributed by atoms with van der Waals surface area (Å²) in [6.45, 7) is 2.42. The van der Waals surface area contributed by atoms with Gasteiger partial charge in [0.05, 0.1) is 39.3 Å². The van der Waals surface area contributed by atoms with Crippen LogP contribution in [0.5, 0.6) is 11.5 Å². The lowest BCUT2D eigenvalue weighted by atomic mass is 10.00. The van der Waals surface area contributed by atoms with Crippen LogP contribution in [0.4, 0.5) is 10.1 Å². The van der Waals surface area contributed by atoms with Gasteiger partial charge >= 0.3 is 5.97 Å². The van der Waals surface area contributed by atoms with Gasteiger partial charge in [0, 0.05) is 12.7 Å². The summed E-state index contributed by atoms with van der Waals surface area (Å²) < 4.78 is 25.4. The summed E-state index contributed by atoms with van der Waals surface area (Å²) in [4.78, 5) is 28.0. The smallest absolute Gasteiger partial charge is 0.305 e. The van der Waals surface area contributed by atoms with Crippen molar-refractivity contribution in [3.8, 4) is 11.5 Å². The molecule has 1 aliphatic carbocycles. The zero-order valence-corrected chi connectivity index (χ0v) is 22.0. The van der Waals surface area contributed by atoms with Crippen molar-refractivity contribution in [2.45, 2.75) is 26.3 Å². The molecule has 0 saturated heterocycles. The fraction of sp³-hybridized carbons (Fsp3) is 0.233. The third-order valence-corrected chi connectivity index (χ3v) is 6.46. The van der Waals surface area contributed by atoms with Crippen LogP contribution in [0.3, 0.4) is 0 Å². The van der Waals surface area contributed by atoms with Gasteiger partial charge in [-0.3, -0.25) is 14.6 Å². The number of carbonyl (C=O) groups is 2. The van der Waals surface area contributed by atoms with Crippen molar-refractivity contribution in [1.29, 1.82) is 0 Å². The lowest BCUT2D eigenvalue weighted by Crippen LogP contribution is -2.23. The van der Waals surface area contributed by atoms with Gasteiger partial charge in [-0.15, -0.1) is 0 Å². The number of nitrogens with one attached hydrogen (secondary N) is 2. The molecule has 0 aliphatic heterocycles. The van der Waals surface area contributed by atoms with Crippen LogP contribution in [0.25, 0.3) is 17.2 Å². The summed E-state index contributed by atoms with van der Waals surface area (Å²) in [6.07, 6.45) is 3.64. The standard InChI is InChI=1S/C30H30FN3O5/c1-18-23(12-19-13-26(38-2)30(27(14-19)39-3)33-11-9-29(36)37)22-8-7-20(31)15-25(22)24(18)16-28(35)34-17-21-6-4-5-10-32-21/h4-8,10,12-15,33H,9,11,16-17H2,1-3H3,(H,34,35)(H,36,37)/b23-12-. The zero-order valence-electron chi connectivity index (χ0n) is 22.0. The number of allylic oxidation sites excluding steroid dienone is 2. The monoisotopic (exact) mass is 531 g/mol. The molecule has 39 heavy (non-hydrogen) atoms. The van der Waals surface area contributed by atoms with Gasteiger partial charge in [-0.1, -0.05) is 12.1 Å². The minimum Gasteiger partial charge on any atom is -0.494 e. The Kier molecular flexibility index (Phi) is 8.60. The first kappa shape index (κ1) is 27.4. The van der Waals surface area contributed by atoms with E-state index in [0.29, 0.717) is 29.3 Å². The van der Waals surface area contributed by atoms with Crippen molar-refractivity contribution in [2.24, 2.45) is 0 Å². The van der Waals surface area contributed by atoms with Crippen molar-refractivity contribution >= 4 is 34.8 Å². The molecule has 0 radical (unpaired) electrons.